The Morgan fingerprint density at radius 1 is 0.947 bits per heavy atom. The molecule has 0 unspecified atom stereocenters. The Bertz CT molecular complexity index is 582. The third kappa shape index (κ3) is 1.34. The van der Waals surface area contributed by atoms with Gasteiger partial charge < -0.3 is 5.73 Å². The smallest absolute Gasteiger partial charge is 0.0218 e. The van der Waals surface area contributed by atoms with Gasteiger partial charge in [-0.15, -0.1) is 0 Å². The van der Waals surface area contributed by atoms with Gasteiger partial charge in [-0.1, -0.05) is 48.5 Å². The molecule has 19 heavy (non-hydrogen) atoms. The summed E-state index contributed by atoms with van der Waals surface area (Å²) in [7, 11) is 0. The fourth-order valence-corrected chi connectivity index (χ4v) is 4.35. The molecule has 2 aromatic carbocycles. The fraction of sp³-hybridized carbons (Fsp3) is 0.333. The van der Waals surface area contributed by atoms with E-state index in [9.17, 15) is 0 Å². The molecule has 0 aliphatic heterocycles. The van der Waals surface area contributed by atoms with Gasteiger partial charge in [0.15, 0.2) is 0 Å². The van der Waals surface area contributed by atoms with Crippen LogP contribution in [0.3, 0.4) is 0 Å². The van der Waals surface area contributed by atoms with Crippen molar-refractivity contribution >= 4 is 0 Å². The summed E-state index contributed by atoms with van der Waals surface area (Å²) in [6, 6.07) is 18.0. The molecular formula is C18H19N. The van der Waals surface area contributed by atoms with Crippen LogP contribution >= 0.6 is 0 Å². The summed E-state index contributed by atoms with van der Waals surface area (Å²) in [4.78, 5) is 0. The number of fused-ring (bicyclic) bond motifs is 8. The van der Waals surface area contributed by atoms with Crippen molar-refractivity contribution in [2.24, 2.45) is 5.73 Å². The molecule has 0 amide bonds. The molecule has 2 aliphatic rings. The Kier molecular flexibility index (Phi) is 2.33. The summed E-state index contributed by atoms with van der Waals surface area (Å²) < 4.78 is 0. The standard InChI is InChI=1S/C18H19N/c19-11-5-10-18-12-15(13-6-1-3-8-16(13)18)14-7-2-4-9-17(14)18/h1-4,6-9,15H,5,10-12,19H2. The molecule has 96 valence electrons. The zero-order valence-electron chi connectivity index (χ0n) is 11.1. The predicted molar refractivity (Wildman–Crippen MR) is 78.4 cm³/mol. The van der Waals surface area contributed by atoms with E-state index in [2.05, 4.69) is 48.5 Å². The lowest BCUT2D eigenvalue weighted by atomic mass is 9.72. The molecule has 0 fully saturated rings. The van der Waals surface area contributed by atoms with Gasteiger partial charge >= 0.3 is 0 Å². The first-order valence-corrected chi connectivity index (χ1v) is 7.26. The van der Waals surface area contributed by atoms with Crippen LogP contribution in [0.4, 0.5) is 0 Å². The topological polar surface area (TPSA) is 26.0 Å². The van der Waals surface area contributed by atoms with E-state index in [1.54, 1.807) is 22.3 Å². The molecule has 2 bridgehead atoms. The van der Waals surface area contributed by atoms with E-state index in [1.165, 1.54) is 12.8 Å². The monoisotopic (exact) mass is 249 g/mol. The molecule has 0 aromatic heterocycles. The highest BCUT2D eigenvalue weighted by atomic mass is 14.6. The molecular weight excluding hydrogens is 230 g/mol. The van der Waals surface area contributed by atoms with Crippen LogP contribution in [0.25, 0.3) is 0 Å². The van der Waals surface area contributed by atoms with Crippen LogP contribution in [0.5, 0.6) is 0 Å². The lowest BCUT2D eigenvalue weighted by Crippen LogP contribution is -2.24. The van der Waals surface area contributed by atoms with Gasteiger partial charge in [-0.05, 0) is 48.1 Å². The van der Waals surface area contributed by atoms with Crippen LogP contribution in [0.15, 0.2) is 48.5 Å². The van der Waals surface area contributed by atoms with Crippen molar-refractivity contribution in [3.63, 3.8) is 0 Å². The molecule has 4 rings (SSSR count). The largest absolute Gasteiger partial charge is 0.330 e. The maximum Gasteiger partial charge on any atom is 0.0218 e. The minimum atomic E-state index is 0.247. The van der Waals surface area contributed by atoms with Gasteiger partial charge in [0, 0.05) is 11.3 Å². The lowest BCUT2D eigenvalue weighted by Gasteiger charge is -2.31. The van der Waals surface area contributed by atoms with Gasteiger partial charge in [0.2, 0.25) is 0 Å². The number of nitrogens with two attached hydrogens (primary N) is 1. The van der Waals surface area contributed by atoms with Gasteiger partial charge in [0.05, 0.1) is 0 Å². The summed E-state index contributed by atoms with van der Waals surface area (Å²) in [5.41, 5.74) is 12.3. The second kappa shape index (κ2) is 3.94. The van der Waals surface area contributed by atoms with Crippen LogP contribution in [-0.2, 0) is 5.41 Å². The van der Waals surface area contributed by atoms with Gasteiger partial charge in [-0.2, -0.15) is 0 Å². The number of hydrogen-bond acceptors (Lipinski definition) is 1. The zero-order chi connectivity index (χ0) is 12.9. The summed E-state index contributed by atoms with van der Waals surface area (Å²) >= 11 is 0. The minimum Gasteiger partial charge on any atom is -0.330 e. The summed E-state index contributed by atoms with van der Waals surface area (Å²) in [6.45, 7) is 0.788. The van der Waals surface area contributed by atoms with Gasteiger partial charge in [0.1, 0.15) is 0 Å². The Hall–Kier alpha value is -1.60. The average molecular weight is 249 g/mol. The van der Waals surface area contributed by atoms with E-state index in [4.69, 9.17) is 5.73 Å². The Morgan fingerprint density at radius 3 is 2.11 bits per heavy atom. The summed E-state index contributed by atoms with van der Waals surface area (Å²) in [6.07, 6.45) is 3.55. The Balaban J connectivity index is 1.94. The van der Waals surface area contributed by atoms with E-state index in [0.29, 0.717) is 5.92 Å². The van der Waals surface area contributed by atoms with Gasteiger partial charge in [-0.3, -0.25) is 0 Å². The van der Waals surface area contributed by atoms with Gasteiger partial charge in [-0.25, -0.2) is 0 Å². The van der Waals surface area contributed by atoms with E-state index in [-0.39, 0.29) is 5.41 Å². The molecule has 1 nitrogen and oxygen atoms in total. The van der Waals surface area contributed by atoms with E-state index >= 15 is 0 Å². The maximum atomic E-state index is 5.77. The molecule has 0 atom stereocenters. The van der Waals surface area contributed by atoms with Crippen LogP contribution < -0.4 is 5.73 Å². The highest BCUT2D eigenvalue weighted by molar-refractivity contribution is 5.62. The van der Waals surface area contributed by atoms with Crippen LogP contribution in [0, 0.1) is 0 Å². The maximum absolute atomic E-state index is 5.77. The Labute approximate surface area is 114 Å². The summed E-state index contributed by atoms with van der Waals surface area (Å²) in [5.74, 6) is 0.616. The fourth-order valence-electron chi connectivity index (χ4n) is 4.35. The first-order valence-electron chi connectivity index (χ1n) is 7.26. The lowest BCUT2D eigenvalue weighted by molar-refractivity contribution is 0.472. The minimum absolute atomic E-state index is 0.247. The third-order valence-corrected chi connectivity index (χ3v) is 5.06. The summed E-state index contributed by atoms with van der Waals surface area (Å²) in [5, 5.41) is 0. The predicted octanol–water partition coefficient (Wildman–Crippen LogP) is 3.56. The molecule has 1 heteroatoms. The molecule has 0 radical (unpaired) electrons. The highest BCUT2D eigenvalue weighted by Crippen LogP contribution is 2.61. The van der Waals surface area contributed by atoms with Crippen LogP contribution in [0.2, 0.25) is 0 Å². The highest BCUT2D eigenvalue weighted by Gasteiger charge is 2.51. The Morgan fingerprint density at radius 2 is 1.53 bits per heavy atom. The van der Waals surface area contributed by atoms with Crippen molar-refractivity contribution in [3.05, 3.63) is 70.8 Å². The quantitative estimate of drug-likeness (QED) is 0.884. The number of rotatable bonds is 3. The van der Waals surface area contributed by atoms with Crippen LogP contribution in [0.1, 0.15) is 47.4 Å². The van der Waals surface area contributed by atoms with Crippen molar-refractivity contribution in [2.75, 3.05) is 6.54 Å². The second-order valence-electron chi connectivity index (χ2n) is 5.91. The molecule has 2 aliphatic carbocycles. The van der Waals surface area contributed by atoms with Gasteiger partial charge in [0.25, 0.3) is 0 Å². The SMILES string of the molecule is NCCCC12CC(c3ccccc31)c1ccccc12. The molecule has 0 spiro atoms. The zero-order valence-corrected chi connectivity index (χ0v) is 11.1. The van der Waals surface area contributed by atoms with Crippen LogP contribution in [-0.4, -0.2) is 6.54 Å². The molecule has 2 N–H and O–H groups in total. The number of benzene rings is 2. The third-order valence-electron chi connectivity index (χ3n) is 5.06. The first kappa shape index (κ1) is 11.2. The average Bonchev–Trinajstić information content (AvgIpc) is 2.98. The van der Waals surface area contributed by atoms with Crippen molar-refractivity contribution in [3.8, 4) is 0 Å². The van der Waals surface area contributed by atoms with Crippen molar-refractivity contribution in [1.29, 1.82) is 0 Å². The van der Waals surface area contributed by atoms with Crippen molar-refractivity contribution < 1.29 is 0 Å². The van der Waals surface area contributed by atoms with E-state index in [1.807, 2.05) is 0 Å². The normalized spacial score (nSPS) is 26.3. The second-order valence-corrected chi connectivity index (χ2v) is 5.91. The molecule has 0 saturated carbocycles. The van der Waals surface area contributed by atoms with E-state index in [0.717, 1.165) is 13.0 Å². The molecule has 2 aromatic rings. The molecule has 0 saturated heterocycles. The number of hydrogen-bond donors (Lipinski definition) is 1. The van der Waals surface area contributed by atoms with E-state index < -0.39 is 0 Å². The molecule has 0 heterocycles. The first-order chi connectivity index (χ1) is 9.37. The van der Waals surface area contributed by atoms with Crippen molar-refractivity contribution in [1.82, 2.24) is 0 Å². The van der Waals surface area contributed by atoms with Crippen molar-refractivity contribution in [2.45, 2.75) is 30.6 Å².